The molecule has 0 bridgehead atoms. The molecule has 1 heterocycles. The van der Waals surface area contributed by atoms with E-state index in [-0.39, 0.29) is 0 Å². The second kappa shape index (κ2) is 3.51. The number of imidazole rings is 1. The number of halogens is 1. The molecule has 0 aliphatic heterocycles. The van der Waals surface area contributed by atoms with Crippen molar-refractivity contribution in [3.63, 3.8) is 0 Å². The van der Waals surface area contributed by atoms with Crippen LogP contribution in [0.4, 0.5) is 0 Å². The Morgan fingerprint density at radius 3 is 2.69 bits per heavy atom. The summed E-state index contributed by atoms with van der Waals surface area (Å²) in [6.07, 6.45) is 4.96. The summed E-state index contributed by atoms with van der Waals surface area (Å²) >= 11 is 3.28. The lowest BCUT2D eigenvalue weighted by Gasteiger charge is -2.02. The quantitative estimate of drug-likeness (QED) is 0.820. The zero-order chi connectivity index (χ0) is 9.26. The molecule has 1 aliphatic rings. The van der Waals surface area contributed by atoms with Gasteiger partial charge in [-0.05, 0) is 28.8 Å². The standard InChI is InChI=1S/C9H10BrN3/c10-8-7(5-11)12-9(13-8)6-3-1-2-4-6/h6H,1-4H2,(H,12,13). The minimum Gasteiger partial charge on any atom is -0.335 e. The lowest BCUT2D eigenvalue weighted by atomic mass is 10.1. The maximum absolute atomic E-state index is 8.71. The molecule has 1 aromatic rings. The first kappa shape index (κ1) is 8.76. The van der Waals surface area contributed by atoms with E-state index in [4.69, 9.17) is 5.26 Å². The van der Waals surface area contributed by atoms with E-state index in [1.54, 1.807) is 0 Å². The molecule has 0 spiro atoms. The summed E-state index contributed by atoms with van der Waals surface area (Å²) < 4.78 is 0.719. The van der Waals surface area contributed by atoms with Crippen LogP contribution >= 0.6 is 15.9 Å². The van der Waals surface area contributed by atoms with E-state index in [2.05, 4.69) is 25.9 Å². The van der Waals surface area contributed by atoms with E-state index in [0.717, 1.165) is 10.4 Å². The average Bonchev–Trinajstić information content (AvgIpc) is 2.71. The predicted octanol–water partition coefficient (Wildman–Crippen LogP) is 2.70. The van der Waals surface area contributed by atoms with Crippen LogP contribution in [0.5, 0.6) is 0 Å². The van der Waals surface area contributed by atoms with Crippen LogP contribution in [-0.2, 0) is 0 Å². The third-order valence-corrected chi connectivity index (χ3v) is 3.10. The minimum atomic E-state index is 0.474. The van der Waals surface area contributed by atoms with Crippen LogP contribution in [-0.4, -0.2) is 9.97 Å². The molecule has 4 heteroatoms. The second-order valence-corrected chi connectivity index (χ2v) is 4.17. The fraction of sp³-hybridized carbons (Fsp3) is 0.556. The Kier molecular flexibility index (Phi) is 2.36. The lowest BCUT2D eigenvalue weighted by molar-refractivity contribution is 0.677. The highest BCUT2D eigenvalue weighted by atomic mass is 79.9. The third-order valence-electron chi connectivity index (χ3n) is 2.53. The van der Waals surface area contributed by atoms with Crippen molar-refractivity contribution in [3.8, 4) is 6.07 Å². The van der Waals surface area contributed by atoms with Gasteiger partial charge < -0.3 is 4.98 Å². The number of hydrogen-bond donors (Lipinski definition) is 1. The largest absolute Gasteiger partial charge is 0.335 e. The van der Waals surface area contributed by atoms with E-state index in [0.29, 0.717) is 11.6 Å². The van der Waals surface area contributed by atoms with Crippen LogP contribution in [0.1, 0.15) is 43.1 Å². The molecule has 68 valence electrons. The fourth-order valence-electron chi connectivity index (χ4n) is 1.84. The summed E-state index contributed by atoms with van der Waals surface area (Å²) in [5, 5.41) is 8.71. The van der Waals surface area contributed by atoms with Crippen molar-refractivity contribution < 1.29 is 0 Å². The van der Waals surface area contributed by atoms with Crippen molar-refractivity contribution in [2.45, 2.75) is 31.6 Å². The minimum absolute atomic E-state index is 0.474. The second-order valence-electron chi connectivity index (χ2n) is 3.38. The number of nitrogens with one attached hydrogen (secondary N) is 1. The highest BCUT2D eigenvalue weighted by molar-refractivity contribution is 9.10. The van der Waals surface area contributed by atoms with Gasteiger partial charge in [-0.15, -0.1) is 0 Å². The Hall–Kier alpha value is -0.820. The lowest BCUT2D eigenvalue weighted by Crippen LogP contribution is -1.94. The number of nitrogens with zero attached hydrogens (tertiary/aromatic N) is 2. The molecule has 0 amide bonds. The summed E-state index contributed by atoms with van der Waals surface area (Å²) in [7, 11) is 0. The van der Waals surface area contributed by atoms with E-state index in [9.17, 15) is 0 Å². The van der Waals surface area contributed by atoms with E-state index < -0.39 is 0 Å². The molecule has 0 saturated heterocycles. The molecule has 3 nitrogen and oxygen atoms in total. The molecule has 0 aromatic carbocycles. The maximum atomic E-state index is 8.71. The van der Waals surface area contributed by atoms with E-state index >= 15 is 0 Å². The first-order chi connectivity index (χ1) is 6.31. The van der Waals surface area contributed by atoms with Gasteiger partial charge in [0.05, 0.1) is 0 Å². The Morgan fingerprint density at radius 1 is 1.46 bits per heavy atom. The van der Waals surface area contributed by atoms with Crippen molar-refractivity contribution in [2.75, 3.05) is 0 Å². The number of hydrogen-bond acceptors (Lipinski definition) is 2. The smallest absolute Gasteiger partial charge is 0.173 e. The number of nitriles is 1. The average molecular weight is 240 g/mol. The Labute approximate surface area is 85.3 Å². The highest BCUT2D eigenvalue weighted by Crippen LogP contribution is 2.33. The third kappa shape index (κ3) is 1.61. The van der Waals surface area contributed by atoms with Crippen LogP contribution in [0.15, 0.2) is 4.60 Å². The zero-order valence-corrected chi connectivity index (χ0v) is 8.76. The first-order valence-corrected chi connectivity index (χ1v) is 5.26. The van der Waals surface area contributed by atoms with Crippen LogP contribution in [0.25, 0.3) is 0 Å². The van der Waals surface area contributed by atoms with Crippen LogP contribution in [0, 0.1) is 11.3 Å². The SMILES string of the molecule is N#Cc1nc(C2CCCC2)[nH]c1Br. The normalized spacial score (nSPS) is 17.5. The monoisotopic (exact) mass is 239 g/mol. The molecule has 1 N–H and O–H groups in total. The number of rotatable bonds is 1. The summed E-state index contributed by atoms with van der Waals surface area (Å²) in [6, 6.07) is 2.05. The molecule has 1 saturated carbocycles. The molecule has 0 radical (unpaired) electrons. The maximum Gasteiger partial charge on any atom is 0.173 e. The van der Waals surface area contributed by atoms with Crippen molar-refractivity contribution in [1.82, 2.24) is 9.97 Å². The Balaban J connectivity index is 2.26. The topological polar surface area (TPSA) is 52.5 Å². The summed E-state index contributed by atoms with van der Waals surface area (Å²) in [4.78, 5) is 7.37. The van der Waals surface area contributed by atoms with Gasteiger partial charge >= 0.3 is 0 Å². The molecule has 1 aromatic heterocycles. The number of H-pyrrole nitrogens is 1. The summed E-state index contributed by atoms with van der Waals surface area (Å²) in [5.74, 6) is 1.51. The Morgan fingerprint density at radius 2 is 2.15 bits per heavy atom. The summed E-state index contributed by atoms with van der Waals surface area (Å²) in [5.41, 5.74) is 0.474. The van der Waals surface area contributed by atoms with Gasteiger partial charge in [0, 0.05) is 5.92 Å². The molecule has 0 atom stereocenters. The van der Waals surface area contributed by atoms with Gasteiger partial charge in [0.15, 0.2) is 5.69 Å². The number of aromatic amines is 1. The van der Waals surface area contributed by atoms with Crippen molar-refractivity contribution >= 4 is 15.9 Å². The van der Waals surface area contributed by atoms with Gasteiger partial charge in [-0.1, -0.05) is 12.8 Å². The van der Waals surface area contributed by atoms with Crippen molar-refractivity contribution in [1.29, 1.82) is 5.26 Å². The highest BCUT2D eigenvalue weighted by Gasteiger charge is 2.21. The molecule has 1 aliphatic carbocycles. The van der Waals surface area contributed by atoms with Crippen LogP contribution < -0.4 is 0 Å². The predicted molar refractivity (Wildman–Crippen MR) is 52.2 cm³/mol. The molecule has 1 fully saturated rings. The van der Waals surface area contributed by atoms with Crippen LogP contribution in [0.2, 0.25) is 0 Å². The molecular weight excluding hydrogens is 230 g/mol. The fourth-order valence-corrected chi connectivity index (χ4v) is 2.22. The zero-order valence-electron chi connectivity index (χ0n) is 7.18. The Bertz CT molecular complexity index is 344. The first-order valence-electron chi connectivity index (χ1n) is 4.46. The summed E-state index contributed by atoms with van der Waals surface area (Å²) in [6.45, 7) is 0. The van der Waals surface area contributed by atoms with Crippen molar-refractivity contribution in [2.24, 2.45) is 0 Å². The van der Waals surface area contributed by atoms with Crippen LogP contribution in [0.3, 0.4) is 0 Å². The number of aromatic nitrogens is 2. The molecule has 0 unspecified atom stereocenters. The molecule has 13 heavy (non-hydrogen) atoms. The van der Waals surface area contributed by atoms with Crippen molar-refractivity contribution in [3.05, 3.63) is 16.1 Å². The van der Waals surface area contributed by atoms with E-state index in [1.165, 1.54) is 25.7 Å². The molecular formula is C9H10BrN3. The van der Waals surface area contributed by atoms with Gasteiger partial charge in [0.1, 0.15) is 16.5 Å². The van der Waals surface area contributed by atoms with Gasteiger partial charge in [-0.3, -0.25) is 0 Å². The van der Waals surface area contributed by atoms with E-state index in [1.807, 2.05) is 6.07 Å². The van der Waals surface area contributed by atoms with Gasteiger partial charge in [-0.25, -0.2) is 4.98 Å². The van der Waals surface area contributed by atoms with Gasteiger partial charge in [0.2, 0.25) is 0 Å². The van der Waals surface area contributed by atoms with Gasteiger partial charge in [0.25, 0.3) is 0 Å². The van der Waals surface area contributed by atoms with Gasteiger partial charge in [-0.2, -0.15) is 5.26 Å². The molecule has 2 rings (SSSR count).